The van der Waals surface area contributed by atoms with Crippen LogP contribution in [0, 0.1) is 5.41 Å². The fourth-order valence-corrected chi connectivity index (χ4v) is 3.85. The van der Waals surface area contributed by atoms with E-state index in [1.54, 1.807) is 0 Å². The maximum Gasteiger partial charge on any atom is 0.228 e. The maximum atomic E-state index is 12.7. The fourth-order valence-electron chi connectivity index (χ4n) is 3.47. The summed E-state index contributed by atoms with van der Waals surface area (Å²) in [5, 5.41) is 0.908. The zero-order valence-corrected chi connectivity index (χ0v) is 12.5. The molecule has 2 aliphatic rings. The first-order valence-electron chi connectivity index (χ1n) is 7.04. The smallest absolute Gasteiger partial charge is 0.228 e. The number of halogens is 1. The zero-order chi connectivity index (χ0) is 12.3. The molecule has 2 aliphatic carbocycles. The molecule has 0 aliphatic heterocycles. The van der Waals surface area contributed by atoms with Gasteiger partial charge in [0.1, 0.15) is 0 Å². The topological polar surface area (TPSA) is 20.3 Å². The summed E-state index contributed by atoms with van der Waals surface area (Å²) in [5.74, 6) is 0.432. The Morgan fingerprint density at radius 1 is 1.24 bits per heavy atom. The minimum Gasteiger partial charge on any atom is -0.338 e. The van der Waals surface area contributed by atoms with Gasteiger partial charge in [0.2, 0.25) is 5.91 Å². The van der Waals surface area contributed by atoms with Gasteiger partial charge in [-0.3, -0.25) is 4.79 Å². The van der Waals surface area contributed by atoms with Gasteiger partial charge in [-0.1, -0.05) is 48.5 Å². The van der Waals surface area contributed by atoms with E-state index in [1.807, 2.05) is 0 Å². The third kappa shape index (κ3) is 2.86. The SMILES string of the molecule is CC1(C(=O)N(CCBr)C2CCCC2)CCCC1. The number of carbonyl (C=O) groups is 1. The number of alkyl halides is 1. The average Bonchev–Trinajstić information content (AvgIpc) is 2.96. The van der Waals surface area contributed by atoms with Crippen molar-refractivity contribution >= 4 is 21.8 Å². The zero-order valence-electron chi connectivity index (χ0n) is 10.9. The Morgan fingerprint density at radius 2 is 1.82 bits per heavy atom. The third-order valence-corrected chi connectivity index (χ3v) is 4.93. The van der Waals surface area contributed by atoms with E-state index in [-0.39, 0.29) is 5.41 Å². The van der Waals surface area contributed by atoms with Crippen LogP contribution in [0.25, 0.3) is 0 Å². The Labute approximate surface area is 113 Å². The summed E-state index contributed by atoms with van der Waals surface area (Å²) >= 11 is 3.50. The summed E-state index contributed by atoms with van der Waals surface area (Å²) in [5.41, 5.74) is -0.0508. The largest absolute Gasteiger partial charge is 0.338 e. The van der Waals surface area contributed by atoms with Crippen LogP contribution in [0.2, 0.25) is 0 Å². The Hall–Kier alpha value is -0.0500. The average molecular weight is 302 g/mol. The molecule has 2 nitrogen and oxygen atoms in total. The van der Waals surface area contributed by atoms with Gasteiger partial charge in [-0.15, -0.1) is 0 Å². The van der Waals surface area contributed by atoms with Crippen LogP contribution < -0.4 is 0 Å². The van der Waals surface area contributed by atoms with Crippen LogP contribution in [-0.2, 0) is 4.79 Å². The lowest BCUT2D eigenvalue weighted by atomic mass is 9.86. The molecule has 3 heteroatoms. The van der Waals surface area contributed by atoms with E-state index in [1.165, 1.54) is 38.5 Å². The number of amides is 1. The molecule has 2 rings (SSSR count). The van der Waals surface area contributed by atoms with Crippen LogP contribution in [0.3, 0.4) is 0 Å². The van der Waals surface area contributed by atoms with Gasteiger partial charge in [-0.05, 0) is 25.7 Å². The summed E-state index contributed by atoms with van der Waals surface area (Å²) in [6.45, 7) is 3.07. The summed E-state index contributed by atoms with van der Waals surface area (Å²) < 4.78 is 0. The summed E-state index contributed by atoms with van der Waals surface area (Å²) in [6.07, 6.45) is 9.68. The van der Waals surface area contributed by atoms with Gasteiger partial charge in [0, 0.05) is 23.3 Å². The molecule has 1 amide bonds. The minimum absolute atomic E-state index is 0.0508. The Kier molecular flexibility index (Phi) is 4.51. The van der Waals surface area contributed by atoms with Crippen LogP contribution >= 0.6 is 15.9 Å². The second kappa shape index (κ2) is 5.73. The predicted molar refractivity (Wildman–Crippen MR) is 74.3 cm³/mol. The molecule has 98 valence electrons. The van der Waals surface area contributed by atoms with Crippen molar-refractivity contribution in [2.24, 2.45) is 5.41 Å². The molecule has 0 atom stereocenters. The Bertz CT molecular complexity index is 267. The molecule has 0 unspecified atom stereocenters. The van der Waals surface area contributed by atoms with Crippen molar-refractivity contribution in [2.75, 3.05) is 11.9 Å². The summed E-state index contributed by atoms with van der Waals surface area (Å²) in [7, 11) is 0. The van der Waals surface area contributed by atoms with E-state index in [0.29, 0.717) is 11.9 Å². The van der Waals surface area contributed by atoms with Crippen molar-refractivity contribution in [2.45, 2.75) is 64.3 Å². The van der Waals surface area contributed by atoms with Crippen molar-refractivity contribution in [1.82, 2.24) is 4.90 Å². The van der Waals surface area contributed by atoms with Crippen LogP contribution in [0.15, 0.2) is 0 Å². The van der Waals surface area contributed by atoms with Crippen molar-refractivity contribution in [3.63, 3.8) is 0 Å². The second-order valence-electron chi connectivity index (χ2n) is 5.89. The standard InChI is InChI=1S/C14H24BrNO/c1-14(8-4-5-9-14)13(17)16(11-10-15)12-6-2-3-7-12/h12H,2-11H2,1H3. The van der Waals surface area contributed by atoms with Crippen LogP contribution in [0.1, 0.15) is 58.3 Å². The number of hydrogen-bond donors (Lipinski definition) is 0. The van der Waals surface area contributed by atoms with Crippen molar-refractivity contribution in [3.8, 4) is 0 Å². The number of rotatable bonds is 4. The van der Waals surface area contributed by atoms with Crippen LogP contribution in [0.4, 0.5) is 0 Å². The van der Waals surface area contributed by atoms with Crippen LogP contribution in [-0.4, -0.2) is 28.7 Å². The molecule has 0 radical (unpaired) electrons. The number of hydrogen-bond acceptors (Lipinski definition) is 1. The highest BCUT2D eigenvalue weighted by Gasteiger charge is 2.41. The third-order valence-electron chi connectivity index (χ3n) is 4.58. The highest BCUT2D eigenvalue weighted by atomic mass is 79.9. The molecule has 0 bridgehead atoms. The molecule has 0 saturated heterocycles. The van der Waals surface area contributed by atoms with E-state index in [2.05, 4.69) is 27.8 Å². The van der Waals surface area contributed by atoms with E-state index in [0.717, 1.165) is 24.7 Å². The number of carbonyl (C=O) groups excluding carboxylic acids is 1. The molecular formula is C14H24BrNO. The molecule has 2 fully saturated rings. The first-order valence-corrected chi connectivity index (χ1v) is 8.16. The molecule has 0 spiro atoms. The van der Waals surface area contributed by atoms with Gasteiger partial charge < -0.3 is 4.90 Å². The normalized spacial score (nSPS) is 24.1. The van der Waals surface area contributed by atoms with E-state index in [4.69, 9.17) is 0 Å². The molecule has 0 heterocycles. The van der Waals surface area contributed by atoms with Crippen molar-refractivity contribution in [1.29, 1.82) is 0 Å². The highest BCUT2D eigenvalue weighted by molar-refractivity contribution is 9.09. The quantitative estimate of drug-likeness (QED) is 0.725. The van der Waals surface area contributed by atoms with Gasteiger partial charge in [0.25, 0.3) is 0 Å². The van der Waals surface area contributed by atoms with E-state index < -0.39 is 0 Å². The second-order valence-corrected chi connectivity index (χ2v) is 6.69. The summed E-state index contributed by atoms with van der Waals surface area (Å²) in [6, 6.07) is 0.525. The first kappa shape index (κ1) is 13.4. The molecule has 0 aromatic heterocycles. The lowest BCUT2D eigenvalue weighted by molar-refractivity contribution is -0.143. The predicted octanol–water partition coefficient (Wildman–Crippen LogP) is 3.73. The Balaban J connectivity index is 2.06. The number of nitrogens with zero attached hydrogens (tertiary/aromatic N) is 1. The Morgan fingerprint density at radius 3 is 2.35 bits per heavy atom. The first-order chi connectivity index (χ1) is 8.17. The van der Waals surface area contributed by atoms with Gasteiger partial charge in [-0.2, -0.15) is 0 Å². The van der Waals surface area contributed by atoms with Gasteiger partial charge >= 0.3 is 0 Å². The van der Waals surface area contributed by atoms with E-state index >= 15 is 0 Å². The van der Waals surface area contributed by atoms with E-state index in [9.17, 15) is 4.79 Å². The van der Waals surface area contributed by atoms with Crippen molar-refractivity contribution in [3.05, 3.63) is 0 Å². The van der Waals surface area contributed by atoms with Gasteiger partial charge in [0.15, 0.2) is 0 Å². The fraction of sp³-hybridized carbons (Fsp3) is 0.929. The van der Waals surface area contributed by atoms with Gasteiger partial charge in [-0.25, -0.2) is 0 Å². The molecule has 17 heavy (non-hydrogen) atoms. The molecular weight excluding hydrogens is 278 g/mol. The molecule has 2 saturated carbocycles. The molecule has 0 N–H and O–H groups in total. The van der Waals surface area contributed by atoms with Gasteiger partial charge in [0.05, 0.1) is 0 Å². The van der Waals surface area contributed by atoms with Crippen LogP contribution in [0.5, 0.6) is 0 Å². The van der Waals surface area contributed by atoms with Crippen molar-refractivity contribution < 1.29 is 4.79 Å². The highest BCUT2D eigenvalue weighted by Crippen LogP contribution is 2.40. The lowest BCUT2D eigenvalue weighted by Gasteiger charge is -2.35. The monoisotopic (exact) mass is 301 g/mol. The molecule has 0 aromatic carbocycles. The molecule has 0 aromatic rings. The lowest BCUT2D eigenvalue weighted by Crippen LogP contribution is -2.46. The minimum atomic E-state index is -0.0508. The summed E-state index contributed by atoms with van der Waals surface area (Å²) in [4.78, 5) is 14.9. The maximum absolute atomic E-state index is 12.7.